The molecule has 2 aromatic rings. The molecule has 0 bridgehead atoms. The predicted molar refractivity (Wildman–Crippen MR) is 109 cm³/mol. The molecule has 2 heterocycles. The summed E-state index contributed by atoms with van der Waals surface area (Å²) >= 11 is 1.33. The first kappa shape index (κ1) is 20.1. The largest absolute Gasteiger partial charge is 0.449 e. The number of esters is 1. The van der Waals surface area contributed by atoms with E-state index in [1.54, 1.807) is 11.8 Å². The number of benzene rings is 1. The SMILES string of the molecule is CC(=O)Nc1sc(C)c(C)c1C(=O)O[C@@H](C)C(=O)N1CCc2ccccc2C1. The van der Waals surface area contributed by atoms with Gasteiger partial charge in [-0.25, -0.2) is 4.79 Å². The molecule has 0 unspecified atom stereocenters. The number of ether oxygens (including phenoxy) is 1. The summed E-state index contributed by atoms with van der Waals surface area (Å²) < 4.78 is 5.48. The lowest BCUT2D eigenvalue weighted by molar-refractivity contribution is -0.140. The zero-order valence-corrected chi connectivity index (χ0v) is 17.3. The summed E-state index contributed by atoms with van der Waals surface area (Å²) in [6, 6.07) is 8.05. The number of nitrogens with zero attached hydrogens (tertiary/aromatic N) is 1. The highest BCUT2D eigenvalue weighted by Gasteiger charge is 2.29. The number of fused-ring (bicyclic) bond motifs is 1. The quantitative estimate of drug-likeness (QED) is 0.798. The molecule has 28 heavy (non-hydrogen) atoms. The second kappa shape index (κ2) is 8.14. The summed E-state index contributed by atoms with van der Waals surface area (Å²) in [7, 11) is 0. The molecule has 0 spiro atoms. The Morgan fingerprint density at radius 3 is 2.54 bits per heavy atom. The summed E-state index contributed by atoms with van der Waals surface area (Å²) in [6.07, 6.45) is -0.111. The number of carbonyl (C=O) groups excluding carboxylic acids is 3. The number of anilines is 1. The molecule has 7 heteroatoms. The van der Waals surface area contributed by atoms with E-state index in [1.165, 1.54) is 23.8 Å². The first-order chi connectivity index (χ1) is 13.3. The van der Waals surface area contributed by atoms with Crippen LogP contribution in [0.5, 0.6) is 0 Å². The molecule has 3 rings (SSSR count). The molecule has 148 valence electrons. The molecule has 0 fully saturated rings. The second-order valence-corrected chi connectivity index (χ2v) is 8.22. The molecule has 0 saturated heterocycles. The average Bonchev–Trinajstić information content (AvgIpc) is 2.93. The van der Waals surface area contributed by atoms with Crippen LogP contribution in [0.1, 0.15) is 45.8 Å². The molecule has 0 saturated carbocycles. The van der Waals surface area contributed by atoms with Gasteiger partial charge in [-0.05, 0) is 43.9 Å². The van der Waals surface area contributed by atoms with E-state index < -0.39 is 12.1 Å². The molecule has 1 aliphatic heterocycles. The van der Waals surface area contributed by atoms with Gasteiger partial charge in [-0.1, -0.05) is 24.3 Å². The molecule has 1 atom stereocenters. The van der Waals surface area contributed by atoms with Gasteiger partial charge in [-0.3, -0.25) is 9.59 Å². The van der Waals surface area contributed by atoms with Crippen molar-refractivity contribution in [1.29, 1.82) is 0 Å². The third kappa shape index (κ3) is 4.09. The highest BCUT2D eigenvalue weighted by Crippen LogP contribution is 2.33. The lowest BCUT2D eigenvalue weighted by Crippen LogP contribution is -2.42. The van der Waals surface area contributed by atoms with Gasteiger partial charge in [0.15, 0.2) is 6.10 Å². The van der Waals surface area contributed by atoms with Crippen molar-refractivity contribution in [2.75, 3.05) is 11.9 Å². The van der Waals surface area contributed by atoms with E-state index in [-0.39, 0.29) is 11.8 Å². The molecule has 0 aliphatic carbocycles. The van der Waals surface area contributed by atoms with Crippen molar-refractivity contribution in [3.8, 4) is 0 Å². The number of nitrogens with one attached hydrogen (secondary N) is 1. The van der Waals surface area contributed by atoms with Crippen LogP contribution in [0.3, 0.4) is 0 Å². The van der Waals surface area contributed by atoms with E-state index in [9.17, 15) is 14.4 Å². The van der Waals surface area contributed by atoms with Gasteiger partial charge >= 0.3 is 5.97 Å². The second-order valence-electron chi connectivity index (χ2n) is 6.99. The van der Waals surface area contributed by atoms with Crippen molar-refractivity contribution >= 4 is 34.1 Å². The van der Waals surface area contributed by atoms with Crippen molar-refractivity contribution in [1.82, 2.24) is 4.90 Å². The Labute approximate surface area is 168 Å². The first-order valence-electron chi connectivity index (χ1n) is 9.22. The Balaban J connectivity index is 1.71. The minimum Gasteiger partial charge on any atom is -0.449 e. The standard InChI is InChI=1S/C21H24N2O4S/c1-12-14(3)28-19(22-15(4)24)18(12)21(26)27-13(2)20(25)23-10-9-16-7-5-6-8-17(16)11-23/h5-8,13H,9-11H2,1-4H3,(H,22,24)/t13-/m0/s1. The van der Waals surface area contributed by atoms with E-state index >= 15 is 0 Å². The van der Waals surface area contributed by atoms with Gasteiger partial charge in [-0.15, -0.1) is 11.3 Å². The predicted octanol–water partition coefficient (Wildman–Crippen LogP) is 3.45. The Morgan fingerprint density at radius 1 is 1.18 bits per heavy atom. The maximum absolute atomic E-state index is 12.8. The fraction of sp³-hybridized carbons (Fsp3) is 0.381. The minimum atomic E-state index is -0.900. The van der Waals surface area contributed by atoms with Crippen LogP contribution in [0.4, 0.5) is 5.00 Å². The van der Waals surface area contributed by atoms with Gasteiger partial charge in [0.05, 0.1) is 5.56 Å². The zero-order valence-electron chi connectivity index (χ0n) is 16.5. The summed E-state index contributed by atoms with van der Waals surface area (Å²) in [5.41, 5.74) is 3.45. The molecule has 0 radical (unpaired) electrons. The Morgan fingerprint density at radius 2 is 1.86 bits per heavy atom. The van der Waals surface area contributed by atoms with Crippen LogP contribution >= 0.6 is 11.3 Å². The van der Waals surface area contributed by atoms with E-state index in [1.807, 2.05) is 32.0 Å². The van der Waals surface area contributed by atoms with Crippen molar-refractivity contribution < 1.29 is 19.1 Å². The van der Waals surface area contributed by atoms with Gasteiger partial charge < -0.3 is 15.0 Å². The summed E-state index contributed by atoms with van der Waals surface area (Å²) in [5, 5.41) is 3.13. The smallest absolute Gasteiger partial charge is 0.342 e. The van der Waals surface area contributed by atoms with Crippen LogP contribution in [-0.4, -0.2) is 35.3 Å². The Bertz CT molecular complexity index is 934. The van der Waals surface area contributed by atoms with E-state index in [2.05, 4.69) is 11.4 Å². The lowest BCUT2D eigenvalue weighted by atomic mass is 9.99. The van der Waals surface area contributed by atoms with Crippen molar-refractivity contribution in [2.24, 2.45) is 0 Å². The van der Waals surface area contributed by atoms with Gasteiger partial charge in [-0.2, -0.15) is 0 Å². The Hall–Kier alpha value is -2.67. The highest BCUT2D eigenvalue weighted by molar-refractivity contribution is 7.16. The molecule has 1 aromatic heterocycles. The van der Waals surface area contributed by atoms with E-state index in [0.717, 1.165) is 22.4 Å². The number of hydrogen-bond acceptors (Lipinski definition) is 5. The summed E-state index contributed by atoms with van der Waals surface area (Å²) in [5.74, 6) is -1.07. The number of carbonyl (C=O) groups is 3. The minimum absolute atomic E-state index is 0.214. The molecule has 6 nitrogen and oxygen atoms in total. The number of thiophene rings is 1. The van der Waals surface area contributed by atoms with Gasteiger partial charge in [0.25, 0.3) is 5.91 Å². The van der Waals surface area contributed by atoms with Crippen molar-refractivity contribution in [3.63, 3.8) is 0 Å². The van der Waals surface area contributed by atoms with Gasteiger partial charge in [0.1, 0.15) is 5.00 Å². The Kier molecular flexibility index (Phi) is 5.84. The summed E-state index contributed by atoms with van der Waals surface area (Å²) in [6.45, 7) is 7.78. The van der Waals surface area contributed by atoms with Crippen LogP contribution < -0.4 is 5.32 Å². The van der Waals surface area contributed by atoms with Crippen molar-refractivity contribution in [3.05, 3.63) is 51.4 Å². The lowest BCUT2D eigenvalue weighted by Gasteiger charge is -2.30. The van der Waals surface area contributed by atoms with Crippen LogP contribution in [0, 0.1) is 13.8 Å². The van der Waals surface area contributed by atoms with E-state index in [4.69, 9.17) is 4.74 Å². The topological polar surface area (TPSA) is 75.7 Å². The zero-order chi connectivity index (χ0) is 20.4. The van der Waals surface area contributed by atoms with Gasteiger partial charge in [0, 0.05) is 24.9 Å². The van der Waals surface area contributed by atoms with Crippen LogP contribution in [0.15, 0.2) is 24.3 Å². The average molecular weight is 401 g/mol. The number of aryl methyl sites for hydroxylation is 1. The normalized spacial score (nSPS) is 14.2. The molecule has 2 amide bonds. The fourth-order valence-electron chi connectivity index (χ4n) is 3.33. The van der Waals surface area contributed by atoms with Gasteiger partial charge in [0.2, 0.25) is 5.91 Å². The molecule has 1 aliphatic rings. The number of rotatable bonds is 4. The first-order valence-corrected chi connectivity index (χ1v) is 10.0. The molecular formula is C21H24N2O4S. The summed E-state index contributed by atoms with van der Waals surface area (Å²) in [4.78, 5) is 39.6. The van der Waals surface area contributed by atoms with Crippen LogP contribution in [0.2, 0.25) is 0 Å². The van der Waals surface area contributed by atoms with Crippen LogP contribution in [0.25, 0.3) is 0 Å². The number of amides is 2. The maximum atomic E-state index is 12.8. The van der Waals surface area contributed by atoms with Crippen LogP contribution in [-0.2, 0) is 27.3 Å². The van der Waals surface area contributed by atoms with Crippen molar-refractivity contribution in [2.45, 2.75) is 46.8 Å². The molecule has 1 aromatic carbocycles. The maximum Gasteiger partial charge on any atom is 0.342 e. The highest BCUT2D eigenvalue weighted by atomic mass is 32.1. The number of hydrogen-bond donors (Lipinski definition) is 1. The monoisotopic (exact) mass is 400 g/mol. The third-order valence-corrected chi connectivity index (χ3v) is 6.08. The van der Waals surface area contributed by atoms with E-state index in [0.29, 0.717) is 23.7 Å². The third-order valence-electron chi connectivity index (χ3n) is 4.95. The molecular weight excluding hydrogens is 376 g/mol. The molecule has 1 N–H and O–H groups in total. The fourth-order valence-corrected chi connectivity index (χ4v) is 4.43.